The van der Waals surface area contributed by atoms with Crippen LogP contribution in [-0.2, 0) is 14.3 Å². The number of hydrogen-bond donors (Lipinski definition) is 1. The molecule has 1 amide bonds. The number of hydrogen-bond acceptors (Lipinski definition) is 7. The van der Waals surface area contributed by atoms with Crippen molar-refractivity contribution in [3.63, 3.8) is 0 Å². The standard InChI is InChI=1S/C17H21N3O4S/c1-2-23-16(22)5-3-4-10-24-14-8-6-13(7-9-14)11-18-20-17-19-15(21)12-25-17/h6-9,11H,2-5,10,12H2,1H3,(H,19,20,21). The van der Waals surface area contributed by atoms with Gasteiger partial charge in [0, 0.05) is 6.42 Å². The van der Waals surface area contributed by atoms with Gasteiger partial charge in [0.25, 0.3) is 0 Å². The molecule has 1 aliphatic rings. The Morgan fingerprint density at radius 3 is 2.80 bits per heavy atom. The fourth-order valence-electron chi connectivity index (χ4n) is 1.97. The highest BCUT2D eigenvalue weighted by molar-refractivity contribution is 8.15. The fraction of sp³-hybridized carbons (Fsp3) is 0.412. The summed E-state index contributed by atoms with van der Waals surface area (Å²) in [4.78, 5) is 22.2. The number of nitrogens with zero attached hydrogens (tertiary/aromatic N) is 2. The van der Waals surface area contributed by atoms with Crippen molar-refractivity contribution >= 4 is 35.0 Å². The first-order chi connectivity index (χ1) is 12.2. The van der Waals surface area contributed by atoms with E-state index in [0.717, 1.165) is 24.2 Å². The van der Waals surface area contributed by atoms with E-state index in [2.05, 4.69) is 15.5 Å². The number of esters is 1. The Balaban J connectivity index is 1.67. The molecule has 1 aromatic carbocycles. The Morgan fingerprint density at radius 1 is 1.32 bits per heavy atom. The number of amidine groups is 1. The zero-order valence-corrected chi connectivity index (χ0v) is 14.9. The van der Waals surface area contributed by atoms with Gasteiger partial charge in [-0.3, -0.25) is 9.59 Å². The van der Waals surface area contributed by atoms with Crippen LogP contribution in [0.25, 0.3) is 0 Å². The molecule has 1 saturated heterocycles. The van der Waals surface area contributed by atoms with Crippen LogP contribution in [0.3, 0.4) is 0 Å². The Kier molecular flexibility index (Phi) is 7.97. The number of unbranched alkanes of at least 4 members (excludes halogenated alkanes) is 1. The Labute approximate surface area is 150 Å². The average Bonchev–Trinajstić information content (AvgIpc) is 3.01. The van der Waals surface area contributed by atoms with Crippen LogP contribution >= 0.6 is 11.8 Å². The van der Waals surface area contributed by atoms with Crippen LogP contribution in [-0.4, -0.2) is 42.2 Å². The summed E-state index contributed by atoms with van der Waals surface area (Å²) in [5, 5.41) is 11.0. The Bertz CT molecular complexity index is 644. The van der Waals surface area contributed by atoms with Crippen LogP contribution in [0.1, 0.15) is 31.7 Å². The second-order valence-electron chi connectivity index (χ2n) is 5.17. The second-order valence-corrected chi connectivity index (χ2v) is 6.13. The third-order valence-electron chi connectivity index (χ3n) is 3.17. The van der Waals surface area contributed by atoms with Crippen molar-refractivity contribution in [2.45, 2.75) is 26.2 Å². The lowest BCUT2D eigenvalue weighted by molar-refractivity contribution is -0.143. The first kappa shape index (κ1) is 19.0. The van der Waals surface area contributed by atoms with E-state index in [0.29, 0.717) is 30.6 Å². The summed E-state index contributed by atoms with van der Waals surface area (Å²) < 4.78 is 10.5. The minimum Gasteiger partial charge on any atom is -0.494 e. The molecule has 0 spiro atoms. The highest BCUT2D eigenvalue weighted by Crippen LogP contribution is 2.12. The second kappa shape index (κ2) is 10.5. The molecular weight excluding hydrogens is 342 g/mol. The van der Waals surface area contributed by atoms with Gasteiger partial charge in [0.05, 0.1) is 25.2 Å². The summed E-state index contributed by atoms with van der Waals surface area (Å²) in [5.41, 5.74) is 0.883. The van der Waals surface area contributed by atoms with Gasteiger partial charge >= 0.3 is 5.97 Å². The van der Waals surface area contributed by atoms with Crippen LogP contribution in [0.15, 0.2) is 34.5 Å². The third-order valence-corrected chi connectivity index (χ3v) is 4.03. The predicted octanol–water partition coefficient (Wildman–Crippen LogP) is 2.35. The summed E-state index contributed by atoms with van der Waals surface area (Å²) in [5.74, 6) is 0.936. The lowest BCUT2D eigenvalue weighted by Gasteiger charge is -2.06. The molecule has 25 heavy (non-hydrogen) atoms. The van der Waals surface area contributed by atoms with Gasteiger partial charge < -0.3 is 14.8 Å². The Morgan fingerprint density at radius 2 is 2.12 bits per heavy atom. The summed E-state index contributed by atoms with van der Waals surface area (Å²) in [6, 6.07) is 7.45. The van der Waals surface area contributed by atoms with Crippen molar-refractivity contribution in [2.24, 2.45) is 10.2 Å². The fourth-order valence-corrected chi connectivity index (χ4v) is 2.60. The minimum absolute atomic E-state index is 0.0530. The van der Waals surface area contributed by atoms with E-state index in [-0.39, 0.29) is 11.9 Å². The van der Waals surface area contributed by atoms with E-state index < -0.39 is 0 Å². The van der Waals surface area contributed by atoms with E-state index in [1.54, 1.807) is 13.1 Å². The molecule has 1 N–H and O–H groups in total. The van der Waals surface area contributed by atoms with E-state index in [1.807, 2.05) is 24.3 Å². The van der Waals surface area contributed by atoms with E-state index >= 15 is 0 Å². The number of benzene rings is 1. The average molecular weight is 363 g/mol. The highest BCUT2D eigenvalue weighted by Gasteiger charge is 2.15. The minimum atomic E-state index is -0.162. The molecule has 0 aliphatic carbocycles. The van der Waals surface area contributed by atoms with Crippen molar-refractivity contribution in [3.05, 3.63) is 29.8 Å². The van der Waals surface area contributed by atoms with Gasteiger partial charge in [-0.15, -0.1) is 5.10 Å². The highest BCUT2D eigenvalue weighted by atomic mass is 32.2. The molecular formula is C17H21N3O4S. The molecule has 0 unspecified atom stereocenters. The largest absolute Gasteiger partial charge is 0.494 e. The van der Waals surface area contributed by atoms with Crippen molar-refractivity contribution in [2.75, 3.05) is 19.0 Å². The number of carbonyl (C=O) groups excluding carboxylic acids is 2. The molecule has 1 aliphatic heterocycles. The van der Waals surface area contributed by atoms with Crippen LogP contribution in [0.5, 0.6) is 5.75 Å². The van der Waals surface area contributed by atoms with Crippen molar-refractivity contribution < 1.29 is 19.1 Å². The van der Waals surface area contributed by atoms with Gasteiger partial charge in [-0.2, -0.15) is 5.10 Å². The van der Waals surface area contributed by atoms with Gasteiger partial charge in [-0.1, -0.05) is 11.8 Å². The van der Waals surface area contributed by atoms with Crippen LogP contribution in [0.2, 0.25) is 0 Å². The van der Waals surface area contributed by atoms with Crippen molar-refractivity contribution in [1.82, 2.24) is 5.32 Å². The van der Waals surface area contributed by atoms with Gasteiger partial charge in [0.1, 0.15) is 5.75 Å². The van der Waals surface area contributed by atoms with Gasteiger partial charge in [-0.25, -0.2) is 0 Å². The molecule has 0 saturated carbocycles. The lowest BCUT2D eigenvalue weighted by Crippen LogP contribution is -2.19. The van der Waals surface area contributed by atoms with Gasteiger partial charge in [-0.05, 0) is 49.6 Å². The molecule has 7 nitrogen and oxygen atoms in total. The summed E-state index contributed by atoms with van der Waals surface area (Å²) >= 11 is 1.33. The maximum absolute atomic E-state index is 11.2. The Hall–Kier alpha value is -2.35. The van der Waals surface area contributed by atoms with Crippen molar-refractivity contribution in [3.8, 4) is 5.75 Å². The number of rotatable bonds is 9. The van der Waals surface area contributed by atoms with Gasteiger partial charge in [0.15, 0.2) is 5.17 Å². The molecule has 0 atom stereocenters. The zero-order valence-electron chi connectivity index (χ0n) is 14.1. The van der Waals surface area contributed by atoms with Crippen LogP contribution in [0.4, 0.5) is 0 Å². The van der Waals surface area contributed by atoms with E-state index in [1.165, 1.54) is 11.8 Å². The third kappa shape index (κ3) is 7.38. The first-order valence-electron chi connectivity index (χ1n) is 8.09. The number of thioether (sulfide) groups is 1. The van der Waals surface area contributed by atoms with Crippen molar-refractivity contribution in [1.29, 1.82) is 0 Å². The summed E-state index contributed by atoms with van der Waals surface area (Å²) in [7, 11) is 0. The summed E-state index contributed by atoms with van der Waals surface area (Å²) in [6.45, 7) is 2.77. The predicted molar refractivity (Wildman–Crippen MR) is 98.1 cm³/mol. The molecule has 0 bridgehead atoms. The van der Waals surface area contributed by atoms with Crippen LogP contribution < -0.4 is 10.1 Å². The molecule has 134 valence electrons. The quantitative estimate of drug-likeness (QED) is 0.315. The molecule has 1 heterocycles. The van der Waals surface area contributed by atoms with E-state index in [9.17, 15) is 9.59 Å². The number of nitrogens with one attached hydrogen (secondary N) is 1. The maximum atomic E-state index is 11.2. The lowest BCUT2D eigenvalue weighted by atomic mass is 10.2. The first-order valence-corrected chi connectivity index (χ1v) is 9.08. The molecule has 1 aromatic rings. The summed E-state index contributed by atoms with van der Waals surface area (Å²) in [6.07, 6.45) is 3.58. The smallest absolute Gasteiger partial charge is 0.305 e. The zero-order chi connectivity index (χ0) is 17.9. The van der Waals surface area contributed by atoms with E-state index in [4.69, 9.17) is 9.47 Å². The molecule has 0 radical (unpaired) electrons. The molecule has 2 rings (SSSR count). The monoisotopic (exact) mass is 363 g/mol. The SMILES string of the molecule is CCOC(=O)CCCCOc1ccc(C=NN=C2NC(=O)CS2)cc1. The maximum Gasteiger partial charge on any atom is 0.305 e. The molecule has 8 heteroatoms. The topological polar surface area (TPSA) is 89.3 Å². The molecule has 1 fully saturated rings. The van der Waals surface area contributed by atoms with Gasteiger partial charge in [0.2, 0.25) is 5.91 Å². The molecule has 0 aromatic heterocycles. The number of carbonyl (C=O) groups is 2. The van der Waals surface area contributed by atoms with Crippen LogP contribution in [0, 0.1) is 0 Å². The number of ether oxygens (including phenoxy) is 2. The normalized spacial score (nSPS) is 15.6. The number of amides is 1.